The summed E-state index contributed by atoms with van der Waals surface area (Å²) in [6, 6.07) is 2.35. The molecule has 0 aromatic carbocycles. The number of fused-ring (bicyclic) bond motifs is 1. The number of nitrogens with zero attached hydrogens (tertiary/aromatic N) is 4. The molecular formula is C18H25N5O3. The van der Waals surface area contributed by atoms with Crippen LogP contribution in [0.25, 0.3) is 0 Å². The molecule has 2 saturated heterocycles. The quantitative estimate of drug-likeness (QED) is 0.895. The topological polar surface area (TPSA) is 99.4 Å². The van der Waals surface area contributed by atoms with Crippen molar-refractivity contribution in [1.29, 1.82) is 0 Å². The third kappa shape index (κ3) is 2.35. The van der Waals surface area contributed by atoms with Gasteiger partial charge in [0.25, 0.3) is 5.91 Å². The summed E-state index contributed by atoms with van der Waals surface area (Å²) in [6.45, 7) is 10.5. The summed E-state index contributed by atoms with van der Waals surface area (Å²) in [7, 11) is 0. The lowest BCUT2D eigenvalue weighted by Crippen LogP contribution is -2.37. The standard InChI is InChI=1S/C18H25N5O3/c1-10(2)23-11(3)5-14(12(23)4)15(24)22-6-13-7-25-9-18(13,8-22)16-20-21-17(19)26-16/h5,10,13H,6-9H2,1-4H3,(H2,19,21)/t13-,18-/m0/s1. The van der Waals surface area contributed by atoms with Gasteiger partial charge in [0.05, 0.1) is 24.2 Å². The average Bonchev–Trinajstić information content (AvgIpc) is 3.28. The molecule has 0 radical (unpaired) electrons. The zero-order valence-corrected chi connectivity index (χ0v) is 15.7. The van der Waals surface area contributed by atoms with Crippen LogP contribution in [0, 0.1) is 19.8 Å². The second-order valence-corrected chi connectivity index (χ2v) is 7.75. The summed E-state index contributed by atoms with van der Waals surface area (Å²) < 4.78 is 13.4. The molecule has 4 rings (SSSR count). The third-order valence-corrected chi connectivity index (χ3v) is 5.76. The highest BCUT2D eigenvalue weighted by molar-refractivity contribution is 5.96. The van der Waals surface area contributed by atoms with Crippen LogP contribution in [-0.2, 0) is 10.2 Å². The first-order chi connectivity index (χ1) is 12.3. The Morgan fingerprint density at radius 1 is 1.38 bits per heavy atom. The lowest BCUT2D eigenvalue weighted by Gasteiger charge is -2.23. The number of carbonyl (C=O) groups is 1. The monoisotopic (exact) mass is 359 g/mol. The number of carbonyl (C=O) groups excluding carboxylic acids is 1. The van der Waals surface area contributed by atoms with Crippen molar-refractivity contribution in [2.75, 3.05) is 32.0 Å². The van der Waals surface area contributed by atoms with Crippen LogP contribution in [0.3, 0.4) is 0 Å². The van der Waals surface area contributed by atoms with Gasteiger partial charge in [0.1, 0.15) is 0 Å². The Balaban J connectivity index is 1.65. The molecule has 8 heteroatoms. The van der Waals surface area contributed by atoms with Gasteiger partial charge in [-0.05, 0) is 33.8 Å². The predicted octanol–water partition coefficient (Wildman–Crippen LogP) is 1.69. The van der Waals surface area contributed by atoms with Gasteiger partial charge >= 0.3 is 6.01 Å². The first kappa shape index (κ1) is 17.1. The second-order valence-electron chi connectivity index (χ2n) is 7.75. The number of aryl methyl sites for hydroxylation is 1. The van der Waals surface area contributed by atoms with Crippen molar-refractivity contribution >= 4 is 11.9 Å². The SMILES string of the molecule is Cc1cc(C(=O)N2C[C@H]3COC[C@@]3(c3nnc(N)o3)C2)c(C)n1C(C)C. The summed E-state index contributed by atoms with van der Waals surface area (Å²) in [5, 5.41) is 7.88. The first-order valence-corrected chi connectivity index (χ1v) is 8.98. The summed E-state index contributed by atoms with van der Waals surface area (Å²) in [5.41, 5.74) is 8.03. The van der Waals surface area contributed by atoms with E-state index in [1.807, 2.05) is 24.8 Å². The average molecular weight is 359 g/mol. The Bertz CT molecular complexity index is 855. The molecule has 2 aromatic rings. The molecule has 0 unspecified atom stereocenters. The zero-order valence-electron chi connectivity index (χ0n) is 15.7. The number of likely N-dealkylation sites (tertiary alicyclic amines) is 1. The summed E-state index contributed by atoms with van der Waals surface area (Å²) in [6.07, 6.45) is 0. The van der Waals surface area contributed by atoms with E-state index in [0.717, 1.165) is 17.0 Å². The molecule has 0 bridgehead atoms. The van der Waals surface area contributed by atoms with Gasteiger partial charge in [-0.3, -0.25) is 4.79 Å². The number of nitrogen functional groups attached to an aromatic ring is 1. The fraction of sp³-hybridized carbons (Fsp3) is 0.611. The minimum absolute atomic E-state index is 0.0466. The fourth-order valence-electron chi connectivity index (χ4n) is 4.59. The summed E-state index contributed by atoms with van der Waals surface area (Å²) in [4.78, 5) is 15.1. The minimum atomic E-state index is -0.455. The van der Waals surface area contributed by atoms with E-state index in [2.05, 4.69) is 28.6 Å². The van der Waals surface area contributed by atoms with Crippen molar-refractivity contribution in [3.63, 3.8) is 0 Å². The molecule has 2 fully saturated rings. The summed E-state index contributed by atoms with van der Waals surface area (Å²) >= 11 is 0. The van der Waals surface area contributed by atoms with Gasteiger partial charge in [-0.2, -0.15) is 0 Å². The first-order valence-electron chi connectivity index (χ1n) is 8.98. The number of aromatic nitrogens is 3. The molecule has 8 nitrogen and oxygen atoms in total. The smallest absolute Gasteiger partial charge is 0.312 e. The van der Waals surface area contributed by atoms with Crippen LogP contribution in [0.4, 0.5) is 6.01 Å². The molecule has 26 heavy (non-hydrogen) atoms. The molecule has 2 N–H and O–H groups in total. The van der Waals surface area contributed by atoms with Crippen molar-refractivity contribution in [1.82, 2.24) is 19.7 Å². The van der Waals surface area contributed by atoms with E-state index in [1.165, 1.54) is 0 Å². The number of amides is 1. The Labute approximate surface area is 152 Å². The predicted molar refractivity (Wildman–Crippen MR) is 94.9 cm³/mol. The van der Waals surface area contributed by atoms with Gasteiger partial charge in [-0.1, -0.05) is 5.10 Å². The molecule has 2 aromatic heterocycles. The number of nitrogens with two attached hydrogens (primary N) is 1. The van der Waals surface area contributed by atoms with Crippen molar-refractivity contribution in [2.45, 2.75) is 39.2 Å². The minimum Gasteiger partial charge on any atom is -0.407 e. The lowest BCUT2D eigenvalue weighted by atomic mass is 9.81. The Morgan fingerprint density at radius 3 is 2.77 bits per heavy atom. The van der Waals surface area contributed by atoms with Crippen LogP contribution in [0.1, 0.15) is 47.5 Å². The van der Waals surface area contributed by atoms with Gasteiger partial charge in [0, 0.05) is 36.4 Å². The van der Waals surface area contributed by atoms with E-state index < -0.39 is 5.41 Å². The Hall–Kier alpha value is -2.35. The fourth-order valence-corrected chi connectivity index (χ4v) is 4.59. The maximum atomic E-state index is 13.2. The maximum absolute atomic E-state index is 13.2. The molecular weight excluding hydrogens is 334 g/mol. The van der Waals surface area contributed by atoms with Gasteiger partial charge in [0.2, 0.25) is 5.89 Å². The van der Waals surface area contributed by atoms with Crippen molar-refractivity contribution in [2.24, 2.45) is 5.92 Å². The van der Waals surface area contributed by atoms with E-state index in [4.69, 9.17) is 14.9 Å². The molecule has 4 heterocycles. The van der Waals surface area contributed by atoms with E-state index in [9.17, 15) is 4.79 Å². The van der Waals surface area contributed by atoms with E-state index in [1.54, 1.807) is 0 Å². The van der Waals surface area contributed by atoms with Crippen molar-refractivity contribution in [3.8, 4) is 0 Å². The maximum Gasteiger partial charge on any atom is 0.312 e. The van der Waals surface area contributed by atoms with Gasteiger partial charge < -0.3 is 24.4 Å². The van der Waals surface area contributed by atoms with E-state index >= 15 is 0 Å². The number of hydrogen-bond donors (Lipinski definition) is 1. The molecule has 2 aliphatic rings. The number of hydrogen-bond acceptors (Lipinski definition) is 6. The normalized spacial score (nSPS) is 25.3. The highest BCUT2D eigenvalue weighted by atomic mass is 16.5. The van der Waals surface area contributed by atoms with E-state index in [-0.39, 0.29) is 17.8 Å². The van der Waals surface area contributed by atoms with Crippen LogP contribution in [0.15, 0.2) is 10.5 Å². The molecule has 2 aliphatic heterocycles. The number of rotatable bonds is 3. The Kier molecular flexibility index (Phi) is 3.83. The molecule has 140 valence electrons. The molecule has 0 aliphatic carbocycles. The van der Waals surface area contributed by atoms with E-state index in [0.29, 0.717) is 38.2 Å². The summed E-state index contributed by atoms with van der Waals surface area (Å²) in [5.74, 6) is 0.659. The number of ether oxygens (including phenoxy) is 1. The van der Waals surface area contributed by atoms with Gasteiger partial charge in [-0.15, -0.1) is 5.10 Å². The third-order valence-electron chi connectivity index (χ3n) is 5.76. The molecule has 0 saturated carbocycles. The van der Waals surface area contributed by atoms with Gasteiger partial charge in [0.15, 0.2) is 0 Å². The van der Waals surface area contributed by atoms with Crippen LogP contribution in [0.2, 0.25) is 0 Å². The highest BCUT2D eigenvalue weighted by Gasteiger charge is 2.56. The second kappa shape index (κ2) is 5.84. The van der Waals surface area contributed by atoms with Crippen molar-refractivity contribution in [3.05, 3.63) is 28.9 Å². The molecule has 0 spiro atoms. The lowest BCUT2D eigenvalue weighted by molar-refractivity contribution is 0.0737. The molecule has 2 atom stereocenters. The largest absolute Gasteiger partial charge is 0.407 e. The van der Waals surface area contributed by atoms with Crippen LogP contribution >= 0.6 is 0 Å². The van der Waals surface area contributed by atoms with Crippen LogP contribution in [0.5, 0.6) is 0 Å². The molecule has 1 amide bonds. The van der Waals surface area contributed by atoms with Crippen LogP contribution in [-0.4, -0.2) is 51.9 Å². The van der Waals surface area contributed by atoms with Crippen LogP contribution < -0.4 is 5.73 Å². The number of anilines is 1. The zero-order chi connectivity index (χ0) is 18.6. The Morgan fingerprint density at radius 2 is 2.15 bits per heavy atom. The van der Waals surface area contributed by atoms with Gasteiger partial charge in [-0.25, -0.2) is 0 Å². The highest BCUT2D eigenvalue weighted by Crippen LogP contribution is 2.44. The van der Waals surface area contributed by atoms with Crippen molar-refractivity contribution < 1.29 is 13.9 Å².